The molecule has 0 aliphatic carbocycles. The molecule has 1 amide bonds. The normalized spacial score (nSPS) is 15.0. The lowest BCUT2D eigenvalue weighted by Gasteiger charge is -2.26. The molecule has 0 bridgehead atoms. The fourth-order valence-corrected chi connectivity index (χ4v) is 2.47. The number of carbonyl (C=O) groups is 1. The van der Waals surface area contributed by atoms with Gasteiger partial charge in [0.25, 0.3) is 5.91 Å². The molecule has 1 aliphatic heterocycles. The van der Waals surface area contributed by atoms with E-state index in [0.29, 0.717) is 43.5 Å². The number of furan rings is 1. The van der Waals surface area contributed by atoms with Gasteiger partial charge in [0.05, 0.1) is 13.2 Å². The van der Waals surface area contributed by atoms with E-state index in [0.717, 1.165) is 0 Å². The summed E-state index contributed by atoms with van der Waals surface area (Å²) in [5, 5.41) is 9.44. The van der Waals surface area contributed by atoms with E-state index in [4.69, 9.17) is 9.15 Å². The van der Waals surface area contributed by atoms with Gasteiger partial charge in [-0.3, -0.25) is 9.36 Å². The average molecular weight is 285 g/mol. The third-order valence-corrected chi connectivity index (χ3v) is 3.53. The summed E-state index contributed by atoms with van der Waals surface area (Å²) in [5.74, 6) is 0.679. The molecule has 21 heavy (non-hydrogen) atoms. The van der Waals surface area contributed by atoms with Gasteiger partial charge in [-0.25, -0.2) is 0 Å². The number of nitriles is 1. The molecular weight excluding hydrogens is 270 g/mol. The maximum atomic E-state index is 12.6. The van der Waals surface area contributed by atoms with Gasteiger partial charge in [-0.2, -0.15) is 5.26 Å². The lowest BCUT2D eigenvalue weighted by atomic mass is 10.1. The van der Waals surface area contributed by atoms with Gasteiger partial charge < -0.3 is 14.1 Å². The summed E-state index contributed by atoms with van der Waals surface area (Å²) in [6.45, 7) is 3.83. The predicted molar refractivity (Wildman–Crippen MR) is 74.2 cm³/mol. The van der Waals surface area contributed by atoms with Crippen molar-refractivity contribution in [1.82, 2.24) is 9.47 Å². The van der Waals surface area contributed by atoms with Crippen molar-refractivity contribution in [3.05, 3.63) is 41.4 Å². The molecule has 0 radical (unpaired) electrons. The molecule has 1 saturated heterocycles. The molecule has 2 aromatic rings. The van der Waals surface area contributed by atoms with Gasteiger partial charge in [0.1, 0.15) is 23.0 Å². The predicted octanol–water partition coefficient (Wildman–Crippen LogP) is 1.72. The fourth-order valence-electron chi connectivity index (χ4n) is 2.47. The van der Waals surface area contributed by atoms with Crippen LogP contribution in [0, 0.1) is 18.3 Å². The van der Waals surface area contributed by atoms with E-state index in [9.17, 15) is 10.1 Å². The molecule has 0 unspecified atom stereocenters. The number of carbonyl (C=O) groups excluding carboxylic acids is 1. The molecule has 6 nitrogen and oxygen atoms in total. The number of nitrogens with zero attached hydrogens (tertiary/aromatic N) is 3. The second-order valence-corrected chi connectivity index (χ2v) is 4.82. The molecule has 0 saturated carbocycles. The topological polar surface area (TPSA) is 71.4 Å². The number of hydrogen-bond donors (Lipinski definition) is 0. The zero-order chi connectivity index (χ0) is 14.8. The SMILES string of the molecule is Cc1oc(-n2cccc2)c(C#N)c1C(=O)N1CCOCC1. The van der Waals surface area contributed by atoms with E-state index in [2.05, 4.69) is 6.07 Å². The first-order chi connectivity index (χ1) is 10.2. The van der Waals surface area contributed by atoms with Gasteiger partial charge in [-0.05, 0) is 19.1 Å². The molecule has 0 spiro atoms. The number of hydrogen-bond acceptors (Lipinski definition) is 4. The Labute approximate surface area is 122 Å². The maximum absolute atomic E-state index is 12.6. The summed E-state index contributed by atoms with van der Waals surface area (Å²) in [7, 11) is 0. The third-order valence-electron chi connectivity index (χ3n) is 3.53. The van der Waals surface area contributed by atoms with E-state index >= 15 is 0 Å². The standard InChI is InChI=1S/C15H15N3O3/c1-11-13(14(19)17-6-8-20-9-7-17)12(10-16)15(21-11)18-4-2-3-5-18/h2-5H,6-9H2,1H3. The van der Waals surface area contributed by atoms with Crippen LogP contribution >= 0.6 is 0 Å². The Balaban J connectivity index is 2.02. The summed E-state index contributed by atoms with van der Waals surface area (Å²) in [5.41, 5.74) is 0.628. The van der Waals surface area contributed by atoms with Gasteiger partial charge in [-0.1, -0.05) is 0 Å². The van der Waals surface area contributed by atoms with Crippen molar-refractivity contribution in [3.63, 3.8) is 0 Å². The summed E-state index contributed by atoms with van der Waals surface area (Å²) in [6.07, 6.45) is 3.56. The highest BCUT2D eigenvalue weighted by Crippen LogP contribution is 2.26. The van der Waals surface area contributed by atoms with Crippen molar-refractivity contribution in [1.29, 1.82) is 5.26 Å². The quantitative estimate of drug-likeness (QED) is 0.842. The number of ether oxygens (including phenoxy) is 1. The molecule has 2 aromatic heterocycles. The van der Waals surface area contributed by atoms with Crippen molar-refractivity contribution in [2.45, 2.75) is 6.92 Å². The highest BCUT2D eigenvalue weighted by molar-refractivity contribution is 5.98. The summed E-state index contributed by atoms with van der Waals surface area (Å²) < 4.78 is 12.6. The zero-order valence-electron chi connectivity index (χ0n) is 11.7. The highest BCUT2D eigenvalue weighted by atomic mass is 16.5. The van der Waals surface area contributed by atoms with E-state index in [1.54, 1.807) is 28.8 Å². The van der Waals surface area contributed by atoms with Gasteiger partial charge in [-0.15, -0.1) is 0 Å². The molecule has 0 N–H and O–H groups in total. The fraction of sp³-hybridized carbons (Fsp3) is 0.333. The van der Waals surface area contributed by atoms with Crippen molar-refractivity contribution in [3.8, 4) is 12.0 Å². The van der Waals surface area contributed by atoms with E-state index < -0.39 is 0 Å². The minimum atomic E-state index is -0.172. The second kappa shape index (κ2) is 5.46. The van der Waals surface area contributed by atoms with E-state index in [1.807, 2.05) is 12.1 Å². The monoisotopic (exact) mass is 285 g/mol. The Morgan fingerprint density at radius 1 is 1.29 bits per heavy atom. The van der Waals surface area contributed by atoms with Gasteiger partial charge in [0.15, 0.2) is 0 Å². The second-order valence-electron chi connectivity index (χ2n) is 4.82. The molecule has 0 atom stereocenters. The largest absolute Gasteiger partial charge is 0.443 e. The van der Waals surface area contributed by atoms with Crippen molar-refractivity contribution >= 4 is 5.91 Å². The molecule has 1 fully saturated rings. The lowest BCUT2D eigenvalue weighted by Crippen LogP contribution is -2.41. The summed E-state index contributed by atoms with van der Waals surface area (Å²) in [4.78, 5) is 14.3. The summed E-state index contributed by atoms with van der Waals surface area (Å²) in [6, 6.07) is 5.77. The van der Waals surface area contributed by atoms with Gasteiger partial charge in [0, 0.05) is 25.5 Å². The van der Waals surface area contributed by atoms with Crippen LogP contribution in [0.3, 0.4) is 0 Å². The van der Waals surface area contributed by atoms with Crippen LogP contribution in [0.4, 0.5) is 0 Å². The number of aromatic nitrogens is 1. The van der Waals surface area contributed by atoms with E-state index in [-0.39, 0.29) is 11.5 Å². The number of amides is 1. The number of morpholine rings is 1. The Bertz CT molecular complexity index is 689. The average Bonchev–Trinajstić information content (AvgIpc) is 3.14. The van der Waals surface area contributed by atoms with E-state index in [1.165, 1.54) is 0 Å². The van der Waals surface area contributed by atoms with Crippen LogP contribution in [0.5, 0.6) is 0 Å². The minimum absolute atomic E-state index is 0.172. The molecule has 3 rings (SSSR count). The smallest absolute Gasteiger partial charge is 0.259 e. The molecule has 1 aliphatic rings. The molecule has 6 heteroatoms. The van der Waals surface area contributed by atoms with Crippen molar-refractivity contribution in [2.75, 3.05) is 26.3 Å². The molecular formula is C15H15N3O3. The van der Waals surface area contributed by atoms with Crippen LogP contribution in [-0.2, 0) is 4.74 Å². The molecule has 108 valence electrons. The van der Waals surface area contributed by atoms with Gasteiger partial charge in [0.2, 0.25) is 5.88 Å². The van der Waals surface area contributed by atoms with Crippen molar-refractivity contribution < 1.29 is 13.9 Å². The highest BCUT2D eigenvalue weighted by Gasteiger charge is 2.28. The first kappa shape index (κ1) is 13.5. The minimum Gasteiger partial charge on any atom is -0.443 e. The first-order valence-corrected chi connectivity index (χ1v) is 6.76. The van der Waals surface area contributed by atoms with Crippen LogP contribution in [-0.4, -0.2) is 41.7 Å². The van der Waals surface area contributed by atoms with Crippen LogP contribution < -0.4 is 0 Å². The summed E-state index contributed by atoms with van der Waals surface area (Å²) >= 11 is 0. The Morgan fingerprint density at radius 3 is 2.57 bits per heavy atom. The third kappa shape index (κ3) is 2.32. The van der Waals surface area contributed by atoms with Crippen LogP contribution in [0.25, 0.3) is 5.88 Å². The van der Waals surface area contributed by atoms with Gasteiger partial charge >= 0.3 is 0 Å². The Hall–Kier alpha value is -2.52. The Morgan fingerprint density at radius 2 is 1.95 bits per heavy atom. The van der Waals surface area contributed by atoms with Crippen LogP contribution in [0.2, 0.25) is 0 Å². The number of aryl methyl sites for hydroxylation is 1. The van der Waals surface area contributed by atoms with Crippen molar-refractivity contribution in [2.24, 2.45) is 0 Å². The van der Waals surface area contributed by atoms with Crippen LogP contribution in [0.1, 0.15) is 21.7 Å². The maximum Gasteiger partial charge on any atom is 0.259 e. The first-order valence-electron chi connectivity index (χ1n) is 6.76. The number of rotatable bonds is 2. The lowest BCUT2D eigenvalue weighted by molar-refractivity contribution is 0.0301. The molecule has 0 aromatic carbocycles. The molecule has 3 heterocycles. The Kier molecular flexibility index (Phi) is 3.50. The zero-order valence-corrected chi connectivity index (χ0v) is 11.7. The van der Waals surface area contributed by atoms with Crippen LogP contribution in [0.15, 0.2) is 28.9 Å².